The van der Waals surface area contributed by atoms with Gasteiger partial charge in [0.1, 0.15) is 5.78 Å². The number of carbonyl (C=O) groups is 1. The Hall–Kier alpha value is -0.265. The summed E-state index contributed by atoms with van der Waals surface area (Å²) < 4.78 is 6.61. The lowest BCUT2D eigenvalue weighted by atomic mass is 9.82. The van der Waals surface area contributed by atoms with Crippen molar-refractivity contribution in [1.29, 1.82) is 0 Å². The van der Waals surface area contributed by atoms with E-state index in [4.69, 9.17) is 9.22 Å². The van der Waals surface area contributed by atoms with Gasteiger partial charge in [-0.05, 0) is 12.7 Å². The Bertz CT molecular complexity index is 84.5. The van der Waals surface area contributed by atoms with Crippen molar-refractivity contribution in [2.45, 2.75) is 26.1 Å². The van der Waals surface area contributed by atoms with Gasteiger partial charge in [0.05, 0.1) is 7.85 Å². The van der Waals surface area contributed by atoms with Crippen LogP contribution in [0, 0.1) is 0 Å². The Kier molecular flexibility index (Phi) is 1.98. The topological polar surface area (TPSA) is 17.1 Å². The number of Topliss-reactive ketones (excluding diaryl/α,β-unsaturated/α-hetero) is 1. The first-order valence-electron chi connectivity index (χ1n) is 3.00. The highest BCUT2D eigenvalue weighted by Crippen LogP contribution is 2.03. The van der Waals surface area contributed by atoms with Crippen LogP contribution in [-0.4, -0.2) is 13.6 Å². The van der Waals surface area contributed by atoms with Gasteiger partial charge in [-0.3, -0.25) is 0 Å². The molecule has 7 heavy (non-hydrogen) atoms. The zero-order valence-electron chi connectivity index (χ0n) is 5.48. The molecule has 2 heteroatoms. The van der Waals surface area contributed by atoms with Crippen molar-refractivity contribution in [3.8, 4) is 0 Å². The van der Waals surface area contributed by atoms with Gasteiger partial charge in [-0.2, -0.15) is 0 Å². The molecule has 0 aromatic rings. The number of carbonyl (C=O) groups excluding carboxylic acids is 1. The second-order valence-electron chi connectivity index (χ2n) is 1.48. The molecule has 0 N–H and O–H groups in total. The van der Waals surface area contributed by atoms with E-state index >= 15 is 0 Å². The molecule has 0 aliphatic heterocycles. The second kappa shape index (κ2) is 2.83. The average Bonchev–Trinajstić information content (AvgIpc) is 1.84. The van der Waals surface area contributed by atoms with Crippen LogP contribution in [0.5, 0.6) is 0 Å². The van der Waals surface area contributed by atoms with Crippen molar-refractivity contribution >= 4 is 13.6 Å². The molecule has 0 aliphatic rings. The summed E-state index contributed by atoms with van der Waals surface area (Å²) in [5.41, 5.74) is 0. The largest absolute Gasteiger partial charge is 0.301 e. The minimum atomic E-state index is -0.410. The van der Waals surface area contributed by atoms with E-state index < -0.39 is 5.82 Å². The second-order valence-corrected chi connectivity index (χ2v) is 1.48. The van der Waals surface area contributed by atoms with E-state index in [9.17, 15) is 4.79 Å². The monoisotopic (exact) mass is 97.1 g/mol. The molecule has 0 rings (SSSR count). The minimum absolute atomic E-state index is 0.174. The van der Waals surface area contributed by atoms with Crippen LogP contribution in [0.25, 0.3) is 0 Å². The molecule has 0 bridgehead atoms. The molecule has 0 heterocycles. The fourth-order valence-corrected chi connectivity index (χ4v) is 0.228. The molecular formula is C5H9BO. The lowest BCUT2D eigenvalue weighted by molar-refractivity contribution is -0.116. The predicted molar refractivity (Wildman–Crippen MR) is 30.5 cm³/mol. The Morgan fingerprint density at radius 1 is 2.14 bits per heavy atom. The summed E-state index contributed by atoms with van der Waals surface area (Å²) in [5.74, 6) is -0.583. The molecule has 0 aromatic heterocycles. The van der Waals surface area contributed by atoms with E-state index in [-0.39, 0.29) is 12.7 Å². The van der Waals surface area contributed by atoms with Gasteiger partial charge >= 0.3 is 0 Å². The maximum Gasteiger partial charge on any atom is 0.124 e. The third kappa shape index (κ3) is 2.43. The number of rotatable bonds is 2. The van der Waals surface area contributed by atoms with Crippen LogP contribution < -0.4 is 0 Å². The van der Waals surface area contributed by atoms with Gasteiger partial charge in [-0.25, -0.2) is 0 Å². The molecule has 0 spiro atoms. The van der Waals surface area contributed by atoms with Gasteiger partial charge in [0.2, 0.25) is 0 Å². The van der Waals surface area contributed by atoms with Crippen molar-refractivity contribution in [1.82, 2.24) is 0 Å². The zero-order chi connectivity index (χ0) is 6.57. The Balaban J connectivity index is 3.46. The van der Waals surface area contributed by atoms with Gasteiger partial charge < -0.3 is 4.79 Å². The number of hydrogen-bond donors (Lipinski definition) is 0. The highest BCUT2D eigenvalue weighted by Gasteiger charge is 2.00. The van der Waals surface area contributed by atoms with Crippen molar-refractivity contribution in [3.63, 3.8) is 0 Å². The first kappa shape index (κ1) is 4.88. The highest BCUT2D eigenvalue weighted by molar-refractivity contribution is 6.23. The summed E-state index contributed by atoms with van der Waals surface area (Å²) in [5, 5.41) is 0. The Morgan fingerprint density at radius 3 is 2.86 bits per heavy atom. The third-order valence-corrected chi connectivity index (χ3v) is 0.853. The summed E-state index contributed by atoms with van der Waals surface area (Å²) in [4.78, 5) is 10.4. The van der Waals surface area contributed by atoms with Crippen molar-refractivity contribution in [3.05, 3.63) is 0 Å². The lowest BCUT2D eigenvalue weighted by Gasteiger charge is -1.98. The molecule has 1 unspecified atom stereocenters. The normalized spacial score (nSPS) is 15.3. The predicted octanol–water partition coefficient (Wildman–Crippen LogP) is 0.942. The van der Waals surface area contributed by atoms with Gasteiger partial charge in [0, 0.05) is 1.37 Å². The van der Waals surface area contributed by atoms with Crippen LogP contribution in [0.2, 0.25) is 5.82 Å². The van der Waals surface area contributed by atoms with E-state index in [0.717, 1.165) is 0 Å². The standard InChI is InChI=1S/C5H9BO/c1-3-5(6)4(2)7/h5H,3H2,1-2H3/i2D. The summed E-state index contributed by atoms with van der Waals surface area (Å²) in [7, 11) is 5.26. The van der Waals surface area contributed by atoms with Gasteiger partial charge in [0.25, 0.3) is 0 Å². The summed E-state index contributed by atoms with van der Waals surface area (Å²) >= 11 is 0. The lowest BCUT2D eigenvalue weighted by Crippen LogP contribution is -2.00. The van der Waals surface area contributed by atoms with E-state index in [1.807, 2.05) is 6.92 Å². The quantitative estimate of drug-likeness (QED) is 0.468. The van der Waals surface area contributed by atoms with E-state index in [1.165, 1.54) is 0 Å². The summed E-state index contributed by atoms with van der Waals surface area (Å²) in [6, 6.07) is 0. The van der Waals surface area contributed by atoms with Crippen molar-refractivity contribution in [2.24, 2.45) is 0 Å². The van der Waals surface area contributed by atoms with Crippen LogP contribution in [-0.2, 0) is 4.79 Å². The van der Waals surface area contributed by atoms with Crippen molar-refractivity contribution < 1.29 is 6.17 Å². The maximum atomic E-state index is 10.4. The first-order valence-corrected chi connectivity index (χ1v) is 2.30. The summed E-state index contributed by atoms with van der Waals surface area (Å²) in [6.07, 6.45) is 0.637. The van der Waals surface area contributed by atoms with E-state index in [1.54, 1.807) is 0 Å². The molecule has 1 nitrogen and oxygen atoms in total. The van der Waals surface area contributed by atoms with E-state index in [0.29, 0.717) is 6.42 Å². The molecular weight excluding hydrogens is 86.9 g/mol. The van der Waals surface area contributed by atoms with Crippen LogP contribution in [0.3, 0.4) is 0 Å². The van der Waals surface area contributed by atoms with Gasteiger partial charge in [0.15, 0.2) is 0 Å². The van der Waals surface area contributed by atoms with E-state index in [2.05, 4.69) is 0 Å². The smallest absolute Gasteiger partial charge is 0.124 e. The summed E-state index contributed by atoms with van der Waals surface area (Å²) in [6.45, 7) is 1.65. The van der Waals surface area contributed by atoms with Crippen LogP contribution in [0.15, 0.2) is 0 Å². The molecule has 0 saturated heterocycles. The van der Waals surface area contributed by atoms with Crippen LogP contribution >= 0.6 is 0 Å². The third-order valence-electron chi connectivity index (χ3n) is 0.853. The fourth-order valence-electron chi connectivity index (χ4n) is 0.228. The molecule has 38 valence electrons. The molecule has 0 fully saturated rings. The maximum absolute atomic E-state index is 10.4. The number of ketones is 1. The Labute approximate surface area is 46.9 Å². The SMILES string of the molecule is [2H]CC(=O)C([B])CC. The van der Waals surface area contributed by atoms with Gasteiger partial charge in [-0.15, -0.1) is 0 Å². The fraction of sp³-hybridized carbons (Fsp3) is 0.800. The van der Waals surface area contributed by atoms with Crippen LogP contribution in [0.1, 0.15) is 21.6 Å². The molecule has 0 aliphatic carbocycles. The zero-order valence-corrected chi connectivity index (χ0v) is 4.48. The Morgan fingerprint density at radius 2 is 2.71 bits per heavy atom. The molecule has 0 amide bonds. The van der Waals surface area contributed by atoms with Crippen LogP contribution in [0.4, 0.5) is 0 Å². The van der Waals surface area contributed by atoms with Crippen molar-refractivity contribution in [2.75, 3.05) is 0 Å². The molecule has 0 saturated carbocycles. The van der Waals surface area contributed by atoms with Gasteiger partial charge in [-0.1, -0.05) is 13.3 Å². The molecule has 0 aromatic carbocycles. The minimum Gasteiger partial charge on any atom is -0.301 e. The first-order chi connectivity index (χ1) is 3.72. The highest BCUT2D eigenvalue weighted by atomic mass is 16.1. The molecule has 1 atom stereocenters. The number of hydrogen-bond acceptors (Lipinski definition) is 1. The molecule has 2 radical (unpaired) electrons. The average molecular weight is 96.9 g/mol.